The second-order valence-electron chi connectivity index (χ2n) is 6.02. The van der Waals surface area contributed by atoms with Gasteiger partial charge in [0, 0.05) is 21.2 Å². The van der Waals surface area contributed by atoms with Crippen LogP contribution >= 0.6 is 0 Å². The van der Waals surface area contributed by atoms with E-state index in [0.29, 0.717) is 11.0 Å². The van der Waals surface area contributed by atoms with Crippen molar-refractivity contribution in [2.45, 2.75) is 31.0 Å². The van der Waals surface area contributed by atoms with Gasteiger partial charge in [0.25, 0.3) is 0 Å². The molecule has 2 rings (SSSR count). The van der Waals surface area contributed by atoms with Crippen molar-refractivity contribution < 1.29 is 27.3 Å². The van der Waals surface area contributed by atoms with E-state index in [4.69, 9.17) is 15.6 Å². The minimum absolute atomic E-state index is 0.0189. The van der Waals surface area contributed by atoms with Gasteiger partial charge < -0.3 is 15.8 Å². The topological polar surface area (TPSA) is 133 Å². The largest absolute Gasteiger partial charge is 0.480 e. The normalized spacial score (nSPS) is 16.9. The zero-order valence-electron chi connectivity index (χ0n) is 13.6. The SMILES string of the molecule is N=S(=O)(CCC(c1ccc2[nH]cnc2c1)C(F)(F)F)CC[C@H](N)C(=O)O. The molecule has 26 heavy (non-hydrogen) atoms. The molecule has 11 heteroatoms. The van der Waals surface area contributed by atoms with Gasteiger partial charge in [-0.15, -0.1) is 0 Å². The Bertz CT molecular complexity index is 880. The summed E-state index contributed by atoms with van der Waals surface area (Å²) >= 11 is 0. The number of aromatic nitrogens is 2. The van der Waals surface area contributed by atoms with Gasteiger partial charge in [0.2, 0.25) is 0 Å². The molecule has 0 aliphatic carbocycles. The predicted octanol–water partition coefficient (Wildman–Crippen LogP) is 2.45. The van der Waals surface area contributed by atoms with Gasteiger partial charge in [0.1, 0.15) is 6.04 Å². The molecule has 0 bridgehead atoms. The molecule has 0 amide bonds. The van der Waals surface area contributed by atoms with Crippen molar-refractivity contribution in [2.24, 2.45) is 5.73 Å². The van der Waals surface area contributed by atoms with Crippen LogP contribution in [-0.2, 0) is 14.5 Å². The molecular formula is C15H19F3N4O3S. The molecule has 1 aromatic carbocycles. The molecule has 3 atom stereocenters. The first-order chi connectivity index (χ1) is 12.0. The Kier molecular flexibility index (Phi) is 5.91. The maximum absolute atomic E-state index is 13.4. The third-order valence-electron chi connectivity index (χ3n) is 4.06. The summed E-state index contributed by atoms with van der Waals surface area (Å²) in [4.78, 5) is 17.4. The Morgan fingerprint density at radius 3 is 2.62 bits per heavy atom. The number of halogens is 3. The number of fused-ring (bicyclic) bond motifs is 1. The molecule has 1 heterocycles. The number of nitrogens with one attached hydrogen (secondary N) is 2. The van der Waals surface area contributed by atoms with Crippen LogP contribution in [0, 0.1) is 4.78 Å². The first-order valence-electron chi connectivity index (χ1n) is 7.72. The Labute approximate surface area is 147 Å². The molecule has 0 aliphatic rings. The Balaban J connectivity index is 2.12. The first-order valence-corrected chi connectivity index (χ1v) is 9.61. The standard InChI is InChI=1S/C15H19F3N4O3S/c16-15(17,18)10(9-1-2-12-13(7-9)22-8-21-12)3-5-26(20,25)6-4-11(19)14(23)24/h1-2,7-8,10-11,20H,3-6,19H2,(H,21,22)(H,23,24)/t10?,11-,26?/m0/s1. The lowest BCUT2D eigenvalue weighted by Crippen LogP contribution is -2.32. The molecule has 7 nitrogen and oxygen atoms in total. The lowest BCUT2D eigenvalue weighted by Gasteiger charge is -2.21. The van der Waals surface area contributed by atoms with Crippen LogP contribution in [0.5, 0.6) is 0 Å². The maximum Gasteiger partial charge on any atom is 0.395 e. The fourth-order valence-electron chi connectivity index (χ4n) is 2.54. The van der Waals surface area contributed by atoms with E-state index in [1.165, 1.54) is 24.5 Å². The number of carboxylic acids is 1. The summed E-state index contributed by atoms with van der Waals surface area (Å²) in [5, 5.41) is 8.68. The zero-order valence-corrected chi connectivity index (χ0v) is 14.4. The van der Waals surface area contributed by atoms with Crippen LogP contribution in [0.15, 0.2) is 24.5 Å². The van der Waals surface area contributed by atoms with Gasteiger partial charge in [-0.05, 0) is 30.5 Å². The van der Waals surface area contributed by atoms with Gasteiger partial charge in [0.15, 0.2) is 0 Å². The quantitative estimate of drug-likeness (QED) is 0.548. The van der Waals surface area contributed by atoms with Crippen LogP contribution in [0.2, 0.25) is 0 Å². The molecule has 0 saturated carbocycles. The van der Waals surface area contributed by atoms with Crippen LogP contribution in [0.1, 0.15) is 24.3 Å². The summed E-state index contributed by atoms with van der Waals surface area (Å²) in [6.45, 7) is 0. The molecule has 5 N–H and O–H groups in total. The highest BCUT2D eigenvalue weighted by atomic mass is 32.2. The van der Waals surface area contributed by atoms with E-state index >= 15 is 0 Å². The number of aliphatic carboxylic acids is 1. The van der Waals surface area contributed by atoms with Crippen molar-refractivity contribution in [3.63, 3.8) is 0 Å². The van der Waals surface area contributed by atoms with Crippen LogP contribution in [0.3, 0.4) is 0 Å². The second kappa shape index (κ2) is 7.62. The second-order valence-corrected chi connectivity index (χ2v) is 8.46. The van der Waals surface area contributed by atoms with E-state index in [0.717, 1.165) is 0 Å². The van der Waals surface area contributed by atoms with Crippen LogP contribution in [0.4, 0.5) is 13.2 Å². The molecular weight excluding hydrogens is 373 g/mol. The number of nitrogens with two attached hydrogens (primary N) is 1. The van der Waals surface area contributed by atoms with E-state index in [-0.39, 0.29) is 17.7 Å². The molecule has 2 unspecified atom stereocenters. The minimum atomic E-state index is -4.57. The third-order valence-corrected chi connectivity index (χ3v) is 5.85. The number of alkyl halides is 3. The van der Waals surface area contributed by atoms with Crippen molar-refractivity contribution in [1.82, 2.24) is 9.97 Å². The molecule has 0 fully saturated rings. The van der Waals surface area contributed by atoms with E-state index in [2.05, 4.69) is 9.97 Å². The summed E-state index contributed by atoms with van der Waals surface area (Å²) in [6.07, 6.45) is -3.96. The Morgan fingerprint density at radius 2 is 2.00 bits per heavy atom. The number of hydrogen-bond acceptors (Lipinski definition) is 5. The van der Waals surface area contributed by atoms with Gasteiger partial charge in [0.05, 0.1) is 23.3 Å². The summed E-state index contributed by atoms with van der Waals surface area (Å²) in [5.41, 5.74) is 6.25. The molecule has 1 aromatic heterocycles. The van der Waals surface area contributed by atoms with E-state index < -0.39 is 46.0 Å². The smallest absolute Gasteiger partial charge is 0.395 e. The lowest BCUT2D eigenvalue weighted by molar-refractivity contribution is -0.150. The van der Waals surface area contributed by atoms with Gasteiger partial charge in [-0.3, -0.25) is 9.57 Å². The average molecular weight is 392 g/mol. The number of H-pyrrole nitrogens is 1. The monoisotopic (exact) mass is 392 g/mol. The van der Waals surface area contributed by atoms with Crippen molar-refractivity contribution in [2.75, 3.05) is 11.5 Å². The lowest BCUT2D eigenvalue weighted by atomic mass is 9.95. The van der Waals surface area contributed by atoms with E-state index in [1.807, 2.05) is 0 Å². The van der Waals surface area contributed by atoms with E-state index in [9.17, 15) is 22.2 Å². The van der Waals surface area contributed by atoms with Gasteiger partial charge in [-0.2, -0.15) is 13.2 Å². The molecule has 0 spiro atoms. The van der Waals surface area contributed by atoms with Gasteiger partial charge in [-0.25, -0.2) is 9.19 Å². The number of carbonyl (C=O) groups is 1. The highest BCUT2D eigenvalue weighted by molar-refractivity contribution is 7.92. The first kappa shape index (κ1) is 20.2. The van der Waals surface area contributed by atoms with Crippen molar-refractivity contribution in [3.05, 3.63) is 30.1 Å². The molecule has 0 saturated heterocycles. The molecule has 2 aromatic rings. The number of imidazole rings is 1. The number of rotatable bonds is 8. The zero-order chi connectivity index (χ0) is 19.5. The fraction of sp³-hybridized carbons (Fsp3) is 0.467. The summed E-state index contributed by atoms with van der Waals surface area (Å²) in [5.74, 6) is -4.05. The maximum atomic E-state index is 13.4. The fourth-order valence-corrected chi connectivity index (χ4v) is 3.99. The van der Waals surface area contributed by atoms with E-state index in [1.54, 1.807) is 0 Å². The summed E-state index contributed by atoms with van der Waals surface area (Å²) in [6, 6.07) is 2.84. The number of aromatic amines is 1. The van der Waals surface area contributed by atoms with Crippen molar-refractivity contribution in [3.8, 4) is 0 Å². The molecule has 0 aliphatic heterocycles. The Morgan fingerprint density at radius 1 is 1.35 bits per heavy atom. The number of benzene rings is 1. The number of nitrogens with zero attached hydrogens (tertiary/aromatic N) is 1. The third kappa shape index (κ3) is 5.18. The average Bonchev–Trinajstić information content (AvgIpc) is 2.99. The van der Waals surface area contributed by atoms with Crippen LogP contribution < -0.4 is 5.73 Å². The van der Waals surface area contributed by atoms with Crippen LogP contribution in [0.25, 0.3) is 11.0 Å². The summed E-state index contributed by atoms with van der Waals surface area (Å²) < 4.78 is 60.2. The minimum Gasteiger partial charge on any atom is -0.480 e. The predicted molar refractivity (Wildman–Crippen MR) is 90.3 cm³/mol. The van der Waals surface area contributed by atoms with Crippen molar-refractivity contribution in [1.29, 1.82) is 4.78 Å². The number of hydrogen-bond donors (Lipinski definition) is 4. The van der Waals surface area contributed by atoms with Gasteiger partial charge >= 0.3 is 12.1 Å². The number of carboxylic acid groups (broad SMARTS) is 1. The summed E-state index contributed by atoms with van der Waals surface area (Å²) in [7, 11) is -3.37. The Hall–Kier alpha value is -2.14. The van der Waals surface area contributed by atoms with Crippen LogP contribution in [-0.4, -0.2) is 49.0 Å². The highest BCUT2D eigenvalue weighted by Gasteiger charge is 2.41. The van der Waals surface area contributed by atoms with Crippen molar-refractivity contribution >= 4 is 26.7 Å². The molecule has 0 radical (unpaired) electrons. The highest BCUT2D eigenvalue weighted by Crippen LogP contribution is 2.38. The molecule has 144 valence electrons. The van der Waals surface area contributed by atoms with Gasteiger partial charge in [-0.1, -0.05) is 6.07 Å².